The number of carbonyl (C=O) groups excluding carboxylic acids is 3. The number of rotatable bonds is 65. The van der Waals surface area contributed by atoms with Gasteiger partial charge in [0.1, 0.15) is 13.2 Å². The number of esters is 3. The second kappa shape index (κ2) is 68.6. The lowest BCUT2D eigenvalue weighted by Gasteiger charge is -2.18. The molecule has 0 spiro atoms. The van der Waals surface area contributed by atoms with E-state index in [2.05, 4.69) is 81.5 Å². The lowest BCUT2D eigenvalue weighted by Crippen LogP contribution is -2.30. The van der Waals surface area contributed by atoms with Crippen LogP contribution in [0.5, 0.6) is 0 Å². The highest BCUT2D eigenvalue weighted by Gasteiger charge is 2.19. The van der Waals surface area contributed by atoms with Gasteiger partial charge >= 0.3 is 17.9 Å². The summed E-state index contributed by atoms with van der Waals surface area (Å²) in [6, 6.07) is 0. The molecular formula is C74H134O6. The molecule has 0 aliphatic rings. The average molecular weight is 1120 g/mol. The van der Waals surface area contributed by atoms with E-state index in [1.54, 1.807) is 0 Å². The van der Waals surface area contributed by atoms with Gasteiger partial charge in [-0.05, 0) is 64.2 Å². The second-order valence-electron chi connectivity index (χ2n) is 23.8. The van der Waals surface area contributed by atoms with Gasteiger partial charge in [-0.15, -0.1) is 0 Å². The van der Waals surface area contributed by atoms with Gasteiger partial charge in [-0.3, -0.25) is 14.4 Å². The predicted molar refractivity (Wildman–Crippen MR) is 348 cm³/mol. The molecule has 466 valence electrons. The van der Waals surface area contributed by atoms with Gasteiger partial charge in [-0.25, -0.2) is 0 Å². The van der Waals surface area contributed by atoms with Gasteiger partial charge < -0.3 is 14.2 Å². The summed E-state index contributed by atoms with van der Waals surface area (Å²) in [5, 5.41) is 0. The summed E-state index contributed by atoms with van der Waals surface area (Å²) in [5.74, 6) is -0.903. The minimum atomic E-state index is -0.789. The van der Waals surface area contributed by atoms with E-state index in [9.17, 15) is 14.4 Å². The molecule has 0 aliphatic carbocycles. The van der Waals surface area contributed by atoms with Crippen LogP contribution in [0.1, 0.15) is 374 Å². The summed E-state index contributed by atoms with van der Waals surface area (Å²) in [6.45, 7) is 6.52. The van der Waals surface area contributed by atoms with Crippen molar-refractivity contribution in [2.45, 2.75) is 380 Å². The molecule has 80 heavy (non-hydrogen) atoms. The summed E-state index contributed by atoms with van der Waals surface area (Å²) in [7, 11) is 0. The van der Waals surface area contributed by atoms with Crippen molar-refractivity contribution in [2.75, 3.05) is 13.2 Å². The topological polar surface area (TPSA) is 78.9 Å². The van der Waals surface area contributed by atoms with Crippen molar-refractivity contribution in [1.29, 1.82) is 0 Å². The summed E-state index contributed by atoms with van der Waals surface area (Å²) in [6.07, 6.45) is 88.7. The first-order chi connectivity index (χ1) is 39.5. The van der Waals surface area contributed by atoms with E-state index in [0.29, 0.717) is 19.3 Å². The fourth-order valence-corrected chi connectivity index (χ4v) is 10.5. The third-order valence-corrected chi connectivity index (χ3v) is 15.8. The Kier molecular flexibility index (Phi) is 66.1. The van der Waals surface area contributed by atoms with E-state index in [0.717, 1.165) is 96.3 Å². The number of carbonyl (C=O) groups is 3. The van der Waals surface area contributed by atoms with Crippen LogP contribution in [0.4, 0.5) is 0 Å². The molecule has 0 bridgehead atoms. The van der Waals surface area contributed by atoms with Crippen molar-refractivity contribution in [3.05, 3.63) is 60.8 Å². The molecule has 6 heteroatoms. The van der Waals surface area contributed by atoms with Crippen LogP contribution < -0.4 is 0 Å². The van der Waals surface area contributed by atoms with Crippen molar-refractivity contribution in [3.63, 3.8) is 0 Å². The minimum absolute atomic E-state index is 0.0840. The Morgan fingerprint density at radius 2 is 0.487 bits per heavy atom. The molecule has 0 aromatic heterocycles. The third kappa shape index (κ3) is 65.9. The minimum Gasteiger partial charge on any atom is -0.462 e. The highest BCUT2D eigenvalue weighted by atomic mass is 16.6. The SMILES string of the molecule is CC/C=C\C/C=C\C/C=C\C/C=C\C/C=C\CCCCCC(=O)OC(COC(=O)CCCCCCCCCC)COC(=O)CCCCCCCCCCCCCCCCCCCCCCCCCCCCCCCCCCCCC. The zero-order valence-corrected chi connectivity index (χ0v) is 53.6. The zero-order chi connectivity index (χ0) is 57.8. The molecule has 0 rings (SSSR count). The van der Waals surface area contributed by atoms with Crippen LogP contribution in [-0.4, -0.2) is 37.2 Å². The van der Waals surface area contributed by atoms with Crippen LogP contribution in [0, 0.1) is 0 Å². The van der Waals surface area contributed by atoms with Gasteiger partial charge in [0, 0.05) is 19.3 Å². The number of hydrogen-bond acceptors (Lipinski definition) is 6. The van der Waals surface area contributed by atoms with Crippen molar-refractivity contribution in [3.8, 4) is 0 Å². The van der Waals surface area contributed by atoms with Gasteiger partial charge in [-0.2, -0.15) is 0 Å². The average Bonchev–Trinajstić information content (AvgIpc) is 3.46. The normalized spacial score (nSPS) is 12.4. The Bertz CT molecular complexity index is 1430. The number of ether oxygens (including phenoxy) is 3. The molecule has 0 aliphatic heterocycles. The van der Waals surface area contributed by atoms with E-state index >= 15 is 0 Å². The van der Waals surface area contributed by atoms with Gasteiger partial charge in [-0.1, -0.05) is 351 Å². The highest BCUT2D eigenvalue weighted by molar-refractivity contribution is 5.71. The molecule has 0 N–H and O–H groups in total. The first-order valence-corrected chi connectivity index (χ1v) is 35.3. The van der Waals surface area contributed by atoms with Crippen molar-refractivity contribution < 1.29 is 28.6 Å². The maximum absolute atomic E-state index is 12.9. The molecule has 0 radical (unpaired) electrons. The fourth-order valence-electron chi connectivity index (χ4n) is 10.5. The molecule has 1 atom stereocenters. The second-order valence-corrected chi connectivity index (χ2v) is 23.8. The van der Waals surface area contributed by atoms with E-state index < -0.39 is 6.10 Å². The van der Waals surface area contributed by atoms with Gasteiger partial charge in [0.2, 0.25) is 0 Å². The standard InChI is InChI=1S/C74H134O6/c1-4-7-10-13-16-19-21-23-25-27-29-30-31-32-33-34-35-36-37-38-39-40-41-42-43-44-46-47-49-51-53-55-58-61-64-67-73(76)79-70-71(69-78-72(75)66-63-60-57-18-15-12-9-6-3)80-74(77)68-65-62-59-56-54-52-50-48-45-28-26-24-22-20-17-14-11-8-5-2/h8,11,17,20,24,26,45,48,52,54,71H,4-7,9-10,12-16,18-19,21-23,25,27-44,46-47,49-51,53,55-70H2,1-3H3/b11-8-,20-17-,26-24-,48-45-,54-52-. The molecule has 1 unspecified atom stereocenters. The molecule has 0 aromatic carbocycles. The monoisotopic (exact) mass is 1120 g/mol. The third-order valence-electron chi connectivity index (χ3n) is 15.8. The molecule has 0 heterocycles. The summed E-state index contributed by atoms with van der Waals surface area (Å²) >= 11 is 0. The maximum Gasteiger partial charge on any atom is 0.306 e. The summed E-state index contributed by atoms with van der Waals surface area (Å²) < 4.78 is 16.9. The fraction of sp³-hybridized carbons (Fsp3) is 0.824. The van der Waals surface area contributed by atoms with Crippen molar-refractivity contribution >= 4 is 17.9 Å². The molecule has 0 saturated heterocycles. The van der Waals surface area contributed by atoms with Crippen LogP contribution in [0.2, 0.25) is 0 Å². The maximum atomic E-state index is 12.9. The quantitative estimate of drug-likeness (QED) is 0.0261. The van der Waals surface area contributed by atoms with Gasteiger partial charge in [0.05, 0.1) is 0 Å². The Balaban J connectivity index is 4.00. The van der Waals surface area contributed by atoms with Crippen molar-refractivity contribution in [2.24, 2.45) is 0 Å². The highest BCUT2D eigenvalue weighted by Crippen LogP contribution is 2.19. The van der Waals surface area contributed by atoms with Crippen molar-refractivity contribution in [1.82, 2.24) is 0 Å². The Hall–Kier alpha value is -2.89. The van der Waals surface area contributed by atoms with E-state index in [-0.39, 0.29) is 31.1 Å². The van der Waals surface area contributed by atoms with E-state index in [1.807, 2.05) is 0 Å². The number of allylic oxidation sites excluding steroid dienone is 10. The number of hydrogen-bond donors (Lipinski definition) is 0. The molecular weight excluding hydrogens is 985 g/mol. The number of unbranched alkanes of at least 4 members (excludes halogenated alkanes) is 44. The Morgan fingerprint density at radius 3 is 0.762 bits per heavy atom. The zero-order valence-electron chi connectivity index (χ0n) is 53.6. The smallest absolute Gasteiger partial charge is 0.306 e. The largest absolute Gasteiger partial charge is 0.462 e. The molecule has 0 fully saturated rings. The molecule has 6 nitrogen and oxygen atoms in total. The van der Waals surface area contributed by atoms with Crippen LogP contribution in [-0.2, 0) is 28.6 Å². The summed E-state index contributed by atoms with van der Waals surface area (Å²) in [4.78, 5) is 38.2. The van der Waals surface area contributed by atoms with E-state index in [4.69, 9.17) is 14.2 Å². The van der Waals surface area contributed by atoms with Crippen LogP contribution in [0.3, 0.4) is 0 Å². The molecule has 0 amide bonds. The molecule has 0 aromatic rings. The lowest BCUT2D eigenvalue weighted by atomic mass is 10.0. The summed E-state index contributed by atoms with van der Waals surface area (Å²) in [5.41, 5.74) is 0. The van der Waals surface area contributed by atoms with Gasteiger partial charge in [0.25, 0.3) is 0 Å². The van der Waals surface area contributed by atoms with E-state index in [1.165, 1.54) is 238 Å². The first kappa shape index (κ1) is 77.1. The van der Waals surface area contributed by atoms with Crippen LogP contribution in [0.25, 0.3) is 0 Å². The van der Waals surface area contributed by atoms with Crippen LogP contribution >= 0.6 is 0 Å². The first-order valence-electron chi connectivity index (χ1n) is 35.3. The van der Waals surface area contributed by atoms with Gasteiger partial charge in [0.15, 0.2) is 6.10 Å². The molecule has 0 saturated carbocycles. The lowest BCUT2D eigenvalue weighted by molar-refractivity contribution is -0.167. The Labute approximate surface area is 498 Å². The Morgan fingerprint density at radius 1 is 0.263 bits per heavy atom. The van der Waals surface area contributed by atoms with Crippen LogP contribution in [0.15, 0.2) is 60.8 Å². The predicted octanol–water partition coefficient (Wildman–Crippen LogP) is 24.3.